The van der Waals surface area contributed by atoms with Crippen LogP contribution in [-0.4, -0.2) is 21.4 Å². The molecule has 4 aromatic rings. The Labute approximate surface area is 164 Å². The van der Waals surface area contributed by atoms with Crippen molar-refractivity contribution in [3.8, 4) is 22.6 Å². The van der Waals surface area contributed by atoms with Crippen molar-refractivity contribution in [3.63, 3.8) is 0 Å². The van der Waals surface area contributed by atoms with Crippen molar-refractivity contribution in [1.82, 2.24) is 9.55 Å². The van der Waals surface area contributed by atoms with Gasteiger partial charge >= 0.3 is 0 Å². The maximum Gasteiger partial charge on any atom is 0.159 e. The smallest absolute Gasteiger partial charge is 0.159 e. The average molecular weight is 370 g/mol. The monoisotopic (exact) mass is 370 g/mol. The van der Waals surface area contributed by atoms with Crippen LogP contribution >= 0.6 is 0 Å². The topological polar surface area (TPSA) is 44.1 Å². The molecule has 0 unspecified atom stereocenters. The van der Waals surface area contributed by atoms with Crippen LogP contribution in [0.15, 0.2) is 73.1 Å². The third-order valence-corrected chi connectivity index (χ3v) is 4.66. The van der Waals surface area contributed by atoms with Gasteiger partial charge in [-0.15, -0.1) is 0 Å². The van der Waals surface area contributed by atoms with Crippen LogP contribution in [0.3, 0.4) is 0 Å². The molecule has 0 spiro atoms. The van der Waals surface area contributed by atoms with E-state index in [-0.39, 0.29) is 11.9 Å². The molecule has 4 nitrogen and oxygen atoms in total. The molecule has 4 heteroatoms. The molecule has 0 radical (unpaired) electrons. The van der Waals surface area contributed by atoms with Crippen LogP contribution in [-0.2, 0) is 0 Å². The predicted octanol–water partition coefficient (Wildman–Crippen LogP) is 5.68. The van der Waals surface area contributed by atoms with E-state index < -0.39 is 0 Å². The van der Waals surface area contributed by atoms with E-state index in [1.165, 1.54) is 0 Å². The highest BCUT2D eigenvalue weighted by atomic mass is 16.5. The summed E-state index contributed by atoms with van der Waals surface area (Å²) in [6.45, 7) is 5.61. The van der Waals surface area contributed by atoms with E-state index in [0.29, 0.717) is 0 Å². The quantitative estimate of drug-likeness (QED) is 0.424. The van der Waals surface area contributed by atoms with E-state index in [4.69, 9.17) is 4.74 Å². The molecule has 0 bridgehead atoms. The number of benzene rings is 3. The zero-order valence-electron chi connectivity index (χ0n) is 16.2. The normalized spacial score (nSPS) is 11.1. The molecule has 0 aliphatic carbocycles. The molecule has 0 amide bonds. The average Bonchev–Trinajstić information content (AvgIpc) is 3.11. The Morgan fingerprint density at radius 3 is 2.25 bits per heavy atom. The largest absolute Gasteiger partial charge is 0.491 e. The number of hydrogen-bond acceptors (Lipinski definition) is 3. The van der Waals surface area contributed by atoms with Crippen LogP contribution in [0.4, 0.5) is 0 Å². The summed E-state index contributed by atoms with van der Waals surface area (Å²) >= 11 is 0. The summed E-state index contributed by atoms with van der Waals surface area (Å²) in [6.07, 6.45) is 1.99. The molecule has 0 atom stereocenters. The molecule has 3 aromatic carbocycles. The fourth-order valence-electron chi connectivity index (χ4n) is 3.25. The van der Waals surface area contributed by atoms with E-state index in [0.717, 1.165) is 39.2 Å². The second-order valence-corrected chi connectivity index (χ2v) is 7.11. The van der Waals surface area contributed by atoms with Crippen LogP contribution in [0.1, 0.15) is 31.1 Å². The molecule has 0 fully saturated rings. The van der Waals surface area contributed by atoms with Gasteiger partial charge in [0.25, 0.3) is 0 Å². The van der Waals surface area contributed by atoms with Gasteiger partial charge in [-0.25, -0.2) is 4.98 Å². The van der Waals surface area contributed by atoms with E-state index in [9.17, 15) is 4.79 Å². The second-order valence-electron chi connectivity index (χ2n) is 7.11. The Hall–Kier alpha value is -3.40. The van der Waals surface area contributed by atoms with E-state index >= 15 is 0 Å². The summed E-state index contributed by atoms with van der Waals surface area (Å²) in [4.78, 5) is 16.0. The van der Waals surface area contributed by atoms with Crippen molar-refractivity contribution < 1.29 is 9.53 Å². The zero-order chi connectivity index (χ0) is 19.7. The standard InChI is InChI=1S/C24H22N2O2/c1-16(2)28-22-11-9-21(10-12-22)26-15-25-23-13-8-20(14-24(23)26)19-6-4-18(5-7-19)17(3)27/h4-16H,1-3H3. The molecule has 0 aliphatic rings. The van der Waals surface area contributed by atoms with Gasteiger partial charge in [0.1, 0.15) is 12.1 Å². The molecule has 0 saturated carbocycles. The number of ether oxygens (including phenoxy) is 1. The van der Waals surface area contributed by atoms with Crippen LogP contribution in [0.5, 0.6) is 5.75 Å². The first-order valence-electron chi connectivity index (χ1n) is 9.37. The predicted molar refractivity (Wildman–Crippen MR) is 112 cm³/mol. The van der Waals surface area contributed by atoms with Crippen molar-refractivity contribution in [1.29, 1.82) is 0 Å². The van der Waals surface area contributed by atoms with Crippen LogP contribution < -0.4 is 4.74 Å². The highest BCUT2D eigenvalue weighted by molar-refractivity contribution is 5.94. The number of fused-ring (bicyclic) bond motifs is 1. The van der Waals surface area contributed by atoms with E-state index in [2.05, 4.69) is 21.7 Å². The molecule has 1 heterocycles. The third-order valence-electron chi connectivity index (χ3n) is 4.66. The molecular formula is C24H22N2O2. The maximum atomic E-state index is 11.5. The molecule has 1 aromatic heterocycles. The van der Waals surface area contributed by atoms with E-state index in [1.54, 1.807) is 6.92 Å². The van der Waals surface area contributed by atoms with Gasteiger partial charge in [0.05, 0.1) is 17.1 Å². The van der Waals surface area contributed by atoms with Gasteiger partial charge in [-0.3, -0.25) is 9.36 Å². The van der Waals surface area contributed by atoms with Gasteiger partial charge in [-0.05, 0) is 68.3 Å². The molecule has 0 saturated heterocycles. The first-order chi connectivity index (χ1) is 13.5. The lowest BCUT2D eigenvalue weighted by Crippen LogP contribution is -2.05. The number of rotatable bonds is 5. The summed E-state index contributed by atoms with van der Waals surface area (Å²) in [6, 6.07) is 21.9. The van der Waals surface area contributed by atoms with Crippen molar-refractivity contribution in [2.24, 2.45) is 0 Å². The minimum Gasteiger partial charge on any atom is -0.491 e. The first-order valence-corrected chi connectivity index (χ1v) is 9.37. The lowest BCUT2D eigenvalue weighted by Gasteiger charge is -2.11. The van der Waals surface area contributed by atoms with Crippen LogP contribution in [0.25, 0.3) is 27.8 Å². The number of hydrogen-bond donors (Lipinski definition) is 0. The Balaban J connectivity index is 1.71. The fraction of sp³-hybridized carbons (Fsp3) is 0.167. The second kappa shape index (κ2) is 7.31. The highest BCUT2D eigenvalue weighted by Gasteiger charge is 2.08. The number of ketones is 1. The Bertz CT molecular complexity index is 1120. The van der Waals surface area contributed by atoms with Crippen molar-refractivity contribution in [2.45, 2.75) is 26.9 Å². The van der Waals surface area contributed by atoms with Gasteiger partial charge in [0.15, 0.2) is 5.78 Å². The van der Waals surface area contributed by atoms with Crippen molar-refractivity contribution in [3.05, 3.63) is 78.6 Å². The van der Waals surface area contributed by atoms with Gasteiger partial charge < -0.3 is 4.74 Å². The molecule has 0 N–H and O–H groups in total. The fourth-order valence-corrected chi connectivity index (χ4v) is 3.25. The van der Waals surface area contributed by atoms with Crippen molar-refractivity contribution >= 4 is 16.8 Å². The van der Waals surface area contributed by atoms with Gasteiger partial charge in [0.2, 0.25) is 0 Å². The van der Waals surface area contributed by atoms with E-state index in [1.807, 2.05) is 74.8 Å². The van der Waals surface area contributed by atoms with Gasteiger partial charge in [-0.2, -0.15) is 0 Å². The van der Waals surface area contributed by atoms with Gasteiger partial charge in [-0.1, -0.05) is 30.3 Å². The minimum atomic E-state index is 0.0740. The molecule has 4 rings (SSSR count). The summed E-state index contributed by atoms with van der Waals surface area (Å²) in [5, 5.41) is 0. The number of nitrogens with zero attached hydrogens (tertiary/aromatic N) is 2. The number of imidazole rings is 1. The number of carbonyl (C=O) groups is 1. The van der Waals surface area contributed by atoms with Gasteiger partial charge in [0, 0.05) is 11.3 Å². The molecule has 0 aliphatic heterocycles. The summed E-state index contributed by atoms with van der Waals surface area (Å²) < 4.78 is 7.80. The van der Waals surface area contributed by atoms with Crippen LogP contribution in [0, 0.1) is 0 Å². The third kappa shape index (κ3) is 3.54. The number of Topliss-reactive ketones (excluding diaryl/α,β-unsaturated/α-hetero) is 1. The summed E-state index contributed by atoms with van der Waals surface area (Å²) in [5.41, 5.74) is 5.88. The zero-order valence-corrected chi connectivity index (χ0v) is 16.2. The lowest BCUT2D eigenvalue weighted by atomic mass is 10.0. The first kappa shape index (κ1) is 18.0. The highest BCUT2D eigenvalue weighted by Crippen LogP contribution is 2.27. The number of aromatic nitrogens is 2. The Kier molecular flexibility index (Phi) is 4.70. The molecule has 28 heavy (non-hydrogen) atoms. The van der Waals surface area contributed by atoms with Crippen LogP contribution in [0.2, 0.25) is 0 Å². The Morgan fingerprint density at radius 2 is 1.61 bits per heavy atom. The SMILES string of the molecule is CC(=O)c1ccc(-c2ccc3ncn(-c4ccc(OC(C)C)cc4)c3c2)cc1. The molecular weight excluding hydrogens is 348 g/mol. The lowest BCUT2D eigenvalue weighted by molar-refractivity contribution is 0.101. The Morgan fingerprint density at radius 1 is 0.929 bits per heavy atom. The summed E-state index contributed by atoms with van der Waals surface area (Å²) in [7, 11) is 0. The minimum absolute atomic E-state index is 0.0740. The maximum absolute atomic E-state index is 11.5. The van der Waals surface area contributed by atoms with Crippen molar-refractivity contribution in [2.75, 3.05) is 0 Å². The summed E-state index contributed by atoms with van der Waals surface area (Å²) in [5.74, 6) is 0.930. The number of carbonyl (C=O) groups excluding carboxylic acids is 1. The molecule has 140 valence electrons.